The van der Waals surface area contributed by atoms with E-state index in [2.05, 4.69) is 0 Å². The van der Waals surface area contributed by atoms with Crippen LogP contribution in [0.15, 0.2) is 24.3 Å². The standard InChI is InChI=1S/C11H16N2O/c1-7(2)10(12)8-5-3-4-6-9(8)11(13)14/h3-7,10H,12H2,1-2H3,(H2,13,14). The molecule has 0 aliphatic heterocycles. The van der Waals surface area contributed by atoms with Crippen LogP contribution in [-0.2, 0) is 0 Å². The number of rotatable bonds is 3. The normalized spacial score (nSPS) is 12.9. The molecule has 0 aliphatic carbocycles. The highest BCUT2D eigenvalue weighted by molar-refractivity contribution is 5.94. The summed E-state index contributed by atoms with van der Waals surface area (Å²) in [6, 6.07) is 7.07. The van der Waals surface area contributed by atoms with E-state index in [1.165, 1.54) is 0 Å². The summed E-state index contributed by atoms with van der Waals surface area (Å²) in [7, 11) is 0. The number of carbonyl (C=O) groups excluding carboxylic acids is 1. The van der Waals surface area contributed by atoms with Crippen molar-refractivity contribution in [1.29, 1.82) is 0 Å². The van der Waals surface area contributed by atoms with Crippen LogP contribution >= 0.6 is 0 Å². The first-order chi connectivity index (χ1) is 6.54. The highest BCUT2D eigenvalue weighted by atomic mass is 16.1. The molecule has 1 aromatic rings. The van der Waals surface area contributed by atoms with E-state index < -0.39 is 5.91 Å². The van der Waals surface area contributed by atoms with Crippen LogP contribution in [0.2, 0.25) is 0 Å². The van der Waals surface area contributed by atoms with Gasteiger partial charge in [0.05, 0.1) is 0 Å². The minimum Gasteiger partial charge on any atom is -0.366 e. The van der Waals surface area contributed by atoms with E-state index in [4.69, 9.17) is 11.5 Å². The monoisotopic (exact) mass is 192 g/mol. The maximum absolute atomic E-state index is 11.1. The first-order valence-corrected chi connectivity index (χ1v) is 4.68. The van der Waals surface area contributed by atoms with Gasteiger partial charge in [0.1, 0.15) is 0 Å². The number of nitrogens with two attached hydrogens (primary N) is 2. The number of primary amides is 1. The molecule has 0 aliphatic rings. The van der Waals surface area contributed by atoms with Crippen molar-refractivity contribution in [3.05, 3.63) is 35.4 Å². The van der Waals surface area contributed by atoms with Crippen molar-refractivity contribution < 1.29 is 4.79 Å². The molecule has 0 saturated heterocycles. The van der Waals surface area contributed by atoms with Crippen LogP contribution in [0, 0.1) is 5.92 Å². The van der Waals surface area contributed by atoms with Gasteiger partial charge >= 0.3 is 0 Å². The summed E-state index contributed by atoms with van der Waals surface area (Å²) in [4.78, 5) is 11.1. The summed E-state index contributed by atoms with van der Waals surface area (Å²) >= 11 is 0. The topological polar surface area (TPSA) is 69.1 Å². The van der Waals surface area contributed by atoms with Crippen molar-refractivity contribution in [1.82, 2.24) is 0 Å². The third kappa shape index (κ3) is 2.12. The molecule has 1 atom stereocenters. The average molecular weight is 192 g/mol. The summed E-state index contributed by atoms with van der Waals surface area (Å²) in [6.07, 6.45) is 0. The summed E-state index contributed by atoms with van der Waals surface area (Å²) < 4.78 is 0. The second kappa shape index (κ2) is 4.24. The van der Waals surface area contributed by atoms with E-state index in [-0.39, 0.29) is 12.0 Å². The second-order valence-corrected chi connectivity index (χ2v) is 3.72. The van der Waals surface area contributed by atoms with Gasteiger partial charge in [-0.05, 0) is 17.5 Å². The Morgan fingerprint density at radius 1 is 1.29 bits per heavy atom. The average Bonchev–Trinajstić information content (AvgIpc) is 2.16. The van der Waals surface area contributed by atoms with E-state index in [0.29, 0.717) is 5.56 Å². The van der Waals surface area contributed by atoms with E-state index in [0.717, 1.165) is 5.56 Å². The molecule has 1 amide bonds. The molecule has 4 N–H and O–H groups in total. The van der Waals surface area contributed by atoms with Crippen molar-refractivity contribution in [2.75, 3.05) is 0 Å². The van der Waals surface area contributed by atoms with Gasteiger partial charge in [-0.3, -0.25) is 4.79 Å². The summed E-state index contributed by atoms with van der Waals surface area (Å²) in [5, 5.41) is 0. The zero-order valence-electron chi connectivity index (χ0n) is 8.53. The van der Waals surface area contributed by atoms with E-state index in [9.17, 15) is 4.79 Å². The van der Waals surface area contributed by atoms with Gasteiger partial charge in [0.15, 0.2) is 0 Å². The van der Waals surface area contributed by atoms with Crippen molar-refractivity contribution in [3.8, 4) is 0 Å². The molecule has 0 fully saturated rings. The lowest BCUT2D eigenvalue weighted by Crippen LogP contribution is -2.22. The molecular formula is C11H16N2O. The van der Waals surface area contributed by atoms with Gasteiger partial charge in [0.2, 0.25) is 5.91 Å². The van der Waals surface area contributed by atoms with E-state index in [1.807, 2.05) is 26.0 Å². The SMILES string of the molecule is CC(C)C(N)c1ccccc1C(N)=O. The Labute approximate surface area is 84.1 Å². The number of amides is 1. The third-order valence-corrected chi connectivity index (χ3v) is 2.30. The van der Waals surface area contributed by atoms with Crippen LogP contribution in [0.4, 0.5) is 0 Å². The van der Waals surface area contributed by atoms with Crippen molar-refractivity contribution >= 4 is 5.91 Å². The summed E-state index contributed by atoms with van der Waals surface area (Å²) in [5.41, 5.74) is 12.6. The molecule has 1 unspecified atom stereocenters. The molecule has 0 spiro atoms. The fourth-order valence-corrected chi connectivity index (χ4v) is 1.37. The van der Waals surface area contributed by atoms with Gasteiger partial charge in [0, 0.05) is 11.6 Å². The number of carbonyl (C=O) groups is 1. The van der Waals surface area contributed by atoms with Gasteiger partial charge in [0.25, 0.3) is 0 Å². The molecule has 0 bridgehead atoms. The molecule has 0 heterocycles. The van der Waals surface area contributed by atoms with Crippen LogP contribution in [-0.4, -0.2) is 5.91 Å². The molecular weight excluding hydrogens is 176 g/mol. The number of hydrogen-bond acceptors (Lipinski definition) is 2. The maximum atomic E-state index is 11.1. The molecule has 14 heavy (non-hydrogen) atoms. The Kier molecular flexibility index (Phi) is 3.25. The lowest BCUT2D eigenvalue weighted by atomic mass is 9.93. The minimum atomic E-state index is -0.420. The van der Waals surface area contributed by atoms with E-state index >= 15 is 0 Å². The Hall–Kier alpha value is -1.35. The maximum Gasteiger partial charge on any atom is 0.249 e. The fraction of sp³-hybridized carbons (Fsp3) is 0.364. The third-order valence-electron chi connectivity index (χ3n) is 2.30. The summed E-state index contributed by atoms with van der Waals surface area (Å²) in [5.74, 6) is -0.132. The van der Waals surface area contributed by atoms with Gasteiger partial charge < -0.3 is 11.5 Å². The van der Waals surface area contributed by atoms with Gasteiger partial charge in [-0.1, -0.05) is 32.0 Å². The Morgan fingerprint density at radius 3 is 2.36 bits per heavy atom. The lowest BCUT2D eigenvalue weighted by molar-refractivity contribution is 0.0998. The van der Waals surface area contributed by atoms with Crippen LogP contribution < -0.4 is 11.5 Å². The largest absolute Gasteiger partial charge is 0.366 e. The van der Waals surface area contributed by atoms with Crippen molar-refractivity contribution in [2.45, 2.75) is 19.9 Å². The smallest absolute Gasteiger partial charge is 0.249 e. The van der Waals surface area contributed by atoms with Gasteiger partial charge in [-0.2, -0.15) is 0 Å². The molecule has 0 saturated carbocycles. The minimum absolute atomic E-state index is 0.140. The Balaban J connectivity index is 3.13. The first kappa shape index (κ1) is 10.7. The van der Waals surface area contributed by atoms with Crippen molar-refractivity contribution in [2.24, 2.45) is 17.4 Å². The molecule has 1 aromatic carbocycles. The fourth-order valence-electron chi connectivity index (χ4n) is 1.37. The predicted molar refractivity (Wildman–Crippen MR) is 56.7 cm³/mol. The molecule has 0 aromatic heterocycles. The van der Waals surface area contributed by atoms with Crippen molar-refractivity contribution in [3.63, 3.8) is 0 Å². The van der Waals surface area contributed by atoms with Crippen LogP contribution in [0.5, 0.6) is 0 Å². The second-order valence-electron chi connectivity index (χ2n) is 3.72. The number of hydrogen-bond donors (Lipinski definition) is 2. The van der Waals surface area contributed by atoms with Crippen LogP contribution in [0.25, 0.3) is 0 Å². The molecule has 3 heteroatoms. The lowest BCUT2D eigenvalue weighted by Gasteiger charge is -2.18. The zero-order chi connectivity index (χ0) is 10.7. The predicted octanol–water partition coefficient (Wildman–Crippen LogP) is 1.44. The number of benzene rings is 1. The highest BCUT2D eigenvalue weighted by Crippen LogP contribution is 2.21. The molecule has 76 valence electrons. The quantitative estimate of drug-likeness (QED) is 0.760. The molecule has 1 rings (SSSR count). The van der Waals surface area contributed by atoms with Gasteiger partial charge in [-0.25, -0.2) is 0 Å². The first-order valence-electron chi connectivity index (χ1n) is 4.68. The van der Waals surface area contributed by atoms with Crippen LogP contribution in [0.3, 0.4) is 0 Å². The zero-order valence-corrected chi connectivity index (χ0v) is 8.53. The van der Waals surface area contributed by atoms with Gasteiger partial charge in [-0.15, -0.1) is 0 Å². The molecule has 3 nitrogen and oxygen atoms in total. The summed E-state index contributed by atoms with van der Waals surface area (Å²) in [6.45, 7) is 4.03. The van der Waals surface area contributed by atoms with Crippen LogP contribution in [0.1, 0.15) is 35.8 Å². The Bertz CT molecular complexity index is 334. The van der Waals surface area contributed by atoms with E-state index in [1.54, 1.807) is 12.1 Å². The molecule has 0 radical (unpaired) electrons. The Morgan fingerprint density at radius 2 is 1.86 bits per heavy atom. The highest BCUT2D eigenvalue weighted by Gasteiger charge is 2.16.